The van der Waals surface area contributed by atoms with Gasteiger partial charge in [0, 0.05) is 29.3 Å². The van der Waals surface area contributed by atoms with Crippen LogP contribution in [0.2, 0.25) is 0 Å². The Hall–Kier alpha value is -3.52. The molecule has 0 fully saturated rings. The van der Waals surface area contributed by atoms with Gasteiger partial charge in [-0.2, -0.15) is 0 Å². The van der Waals surface area contributed by atoms with Crippen LogP contribution in [-0.2, 0) is 7.05 Å². The molecule has 0 saturated heterocycles. The summed E-state index contributed by atoms with van der Waals surface area (Å²) in [5.41, 5.74) is 1.61. The summed E-state index contributed by atoms with van der Waals surface area (Å²) in [4.78, 5) is 21.2. The number of benzene rings is 2. The lowest BCUT2D eigenvalue weighted by atomic mass is 10.1. The summed E-state index contributed by atoms with van der Waals surface area (Å²) in [7, 11) is 1.77. The number of amides is 1. The van der Waals surface area contributed by atoms with E-state index in [1.165, 1.54) is 18.3 Å². The van der Waals surface area contributed by atoms with E-state index >= 15 is 0 Å². The van der Waals surface area contributed by atoms with Gasteiger partial charge >= 0.3 is 0 Å². The van der Waals surface area contributed by atoms with Crippen molar-refractivity contribution in [3.63, 3.8) is 0 Å². The smallest absolute Gasteiger partial charge is 0.258 e. The fraction of sp³-hybridized carbons (Fsp3) is 0.0455. The van der Waals surface area contributed by atoms with Gasteiger partial charge in [0.1, 0.15) is 23.1 Å². The molecule has 0 aliphatic carbocycles. The molecule has 8 heteroatoms. The highest BCUT2D eigenvalue weighted by molar-refractivity contribution is 9.10. The van der Waals surface area contributed by atoms with Crippen molar-refractivity contribution in [2.24, 2.45) is 7.05 Å². The molecule has 2 aromatic heterocycles. The summed E-state index contributed by atoms with van der Waals surface area (Å²) < 4.78 is 21.5. The third-order valence-corrected chi connectivity index (χ3v) is 4.80. The second kappa shape index (κ2) is 8.46. The van der Waals surface area contributed by atoms with Crippen LogP contribution in [0.5, 0.6) is 11.6 Å². The predicted molar refractivity (Wildman–Crippen MR) is 115 cm³/mol. The van der Waals surface area contributed by atoms with Crippen LogP contribution < -0.4 is 10.1 Å². The van der Waals surface area contributed by atoms with Crippen LogP contribution in [0, 0.1) is 5.82 Å². The first-order valence-corrected chi connectivity index (χ1v) is 9.77. The van der Waals surface area contributed by atoms with Crippen LogP contribution in [0.15, 0.2) is 77.7 Å². The Balaban J connectivity index is 1.51. The van der Waals surface area contributed by atoms with E-state index in [0.29, 0.717) is 34.3 Å². The molecular weight excluding hydrogens is 451 g/mol. The van der Waals surface area contributed by atoms with Crippen molar-refractivity contribution in [1.82, 2.24) is 14.5 Å². The molecule has 6 nitrogen and oxygen atoms in total. The Morgan fingerprint density at radius 1 is 1.10 bits per heavy atom. The Kier molecular flexibility index (Phi) is 5.58. The highest BCUT2D eigenvalue weighted by atomic mass is 79.9. The molecule has 0 aliphatic heterocycles. The minimum Gasteiger partial charge on any atom is -0.439 e. The number of halogens is 2. The summed E-state index contributed by atoms with van der Waals surface area (Å²) in [5.74, 6) is 0.825. The Morgan fingerprint density at radius 2 is 1.90 bits per heavy atom. The van der Waals surface area contributed by atoms with Crippen molar-refractivity contribution >= 4 is 27.7 Å². The van der Waals surface area contributed by atoms with E-state index in [0.717, 1.165) is 4.47 Å². The zero-order valence-corrected chi connectivity index (χ0v) is 17.4. The topological polar surface area (TPSA) is 69.0 Å². The van der Waals surface area contributed by atoms with Crippen molar-refractivity contribution < 1.29 is 13.9 Å². The maximum Gasteiger partial charge on any atom is 0.258 e. The maximum atomic E-state index is 13.2. The molecule has 0 spiro atoms. The first-order chi connectivity index (χ1) is 14.5. The molecule has 0 radical (unpaired) electrons. The zero-order valence-electron chi connectivity index (χ0n) is 15.8. The van der Waals surface area contributed by atoms with Gasteiger partial charge in [-0.1, -0.05) is 22.0 Å². The molecule has 0 aliphatic rings. The van der Waals surface area contributed by atoms with E-state index in [4.69, 9.17) is 4.74 Å². The second-order valence-corrected chi connectivity index (χ2v) is 7.37. The van der Waals surface area contributed by atoms with E-state index in [1.807, 2.05) is 24.3 Å². The lowest BCUT2D eigenvalue weighted by Gasteiger charge is -2.09. The van der Waals surface area contributed by atoms with Gasteiger partial charge in [0.05, 0.1) is 11.9 Å². The summed E-state index contributed by atoms with van der Waals surface area (Å²) >= 11 is 3.39. The number of hydrogen-bond donors (Lipinski definition) is 1. The average Bonchev–Trinajstić information content (AvgIpc) is 3.09. The van der Waals surface area contributed by atoms with Gasteiger partial charge < -0.3 is 14.6 Å². The number of carbonyl (C=O) groups excluding carboxylic acids is 1. The van der Waals surface area contributed by atoms with Crippen molar-refractivity contribution in [2.75, 3.05) is 5.32 Å². The lowest BCUT2D eigenvalue weighted by molar-refractivity contribution is 0.102. The molecule has 0 saturated carbocycles. The van der Waals surface area contributed by atoms with E-state index in [1.54, 1.807) is 42.2 Å². The molecular formula is C22H16BrFN4O2. The van der Waals surface area contributed by atoms with Gasteiger partial charge in [0.15, 0.2) is 0 Å². The number of anilines is 1. The van der Waals surface area contributed by atoms with E-state index in [-0.39, 0.29) is 11.7 Å². The van der Waals surface area contributed by atoms with Gasteiger partial charge in [0.2, 0.25) is 5.88 Å². The molecule has 4 rings (SSSR count). The standard InChI is InChI=1S/C22H16BrFN4O2/c1-28-13-26-20(14-5-8-17(24)9-6-14)21(28)27-22(29)15-7-10-19(25-12-15)30-18-4-2-3-16(23)11-18/h2-13H,1H3,(H,27,29). The van der Waals surface area contributed by atoms with Crippen LogP contribution in [0.25, 0.3) is 11.3 Å². The van der Waals surface area contributed by atoms with Crippen LogP contribution in [-0.4, -0.2) is 20.4 Å². The summed E-state index contributed by atoms with van der Waals surface area (Å²) in [6.07, 6.45) is 3.03. The normalized spacial score (nSPS) is 10.6. The number of pyridine rings is 1. The van der Waals surface area contributed by atoms with Gasteiger partial charge in [-0.05, 0) is 48.5 Å². The number of imidazole rings is 1. The second-order valence-electron chi connectivity index (χ2n) is 6.46. The zero-order chi connectivity index (χ0) is 21.1. The number of nitrogens with one attached hydrogen (secondary N) is 1. The molecule has 1 N–H and O–H groups in total. The molecule has 30 heavy (non-hydrogen) atoms. The molecule has 1 amide bonds. The summed E-state index contributed by atoms with van der Waals surface area (Å²) in [6, 6.07) is 16.6. The van der Waals surface area contributed by atoms with Crippen molar-refractivity contribution in [1.29, 1.82) is 0 Å². The van der Waals surface area contributed by atoms with Crippen molar-refractivity contribution in [2.45, 2.75) is 0 Å². The highest BCUT2D eigenvalue weighted by Gasteiger charge is 2.16. The first kappa shape index (κ1) is 19.8. The third kappa shape index (κ3) is 4.38. The van der Waals surface area contributed by atoms with E-state index in [2.05, 4.69) is 31.2 Å². The number of carbonyl (C=O) groups is 1. The van der Waals surface area contributed by atoms with E-state index in [9.17, 15) is 9.18 Å². The lowest BCUT2D eigenvalue weighted by Crippen LogP contribution is -2.15. The molecule has 4 aromatic rings. The minimum absolute atomic E-state index is 0.337. The largest absolute Gasteiger partial charge is 0.439 e. The number of hydrogen-bond acceptors (Lipinski definition) is 4. The van der Waals surface area contributed by atoms with Gasteiger partial charge in [-0.15, -0.1) is 0 Å². The van der Waals surface area contributed by atoms with Crippen LogP contribution >= 0.6 is 15.9 Å². The SMILES string of the molecule is Cn1cnc(-c2ccc(F)cc2)c1NC(=O)c1ccc(Oc2cccc(Br)c2)nc1. The van der Waals surface area contributed by atoms with Crippen molar-refractivity contribution in [3.8, 4) is 22.9 Å². The first-order valence-electron chi connectivity index (χ1n) is 8.98. The Bertz CT molecular complexity index is 1190. The molecule has 2 aromatic carbocycles. The molecule has 150 valence electrons. The van der Waals surface area contributed by atoms with Crippen molar-refractivity contribution in [3.05, 3.63) is 89.0 Å². The number of aryl methyl sites for hydroxylation is 1. The minimum atomic E-state index is -0.344. The third-order valence-electron chi connectivity index (χ3n) is 4.30. The average molecular weight is 467 g/mol. The van der Waals surface area contributed by atoms with Crippen LogP contribution in [0.3, 0.4) is 0 Å². The Labute approximate surface area is 180 Å². The maximum absolute atomic E-state index is 13.2. The molecule has 0 bridgehead atoms. The monoisotopic (exact) mass is 466 g/mol. The van der Waals surface area contributed by atoms with Gasteiger partial charge in [-0.3, -0.25) is 4.79 Å². The number of ether oxygens (including phenoxy) is 1. The predicted octanol–water partition coefficient (Wildman–Crippen LogP) is 5.43. The molecule has 0 unspecified atom stereocenters. The van der Waals surface area contributed by atoms with Gasteiger partial charge in [0.25, 0.3) is 5.91 Å². The van der Waals surface area contributed by atoms with Crippen LogP contribution in [0.4, 0.5) is 10.2 Å². The number of aromatic nitrogens is 3. The fourth-order valence-electron chi connectivity index (χ4n) is 2.80. The quantitative estimate of drug-likeness (QED) is 0.425. The molecule has 0 atom stereocenters. The van der Waals surface area contributed by atoms with E-state index < -0.39 is 0 Å². The van der Waals surface area contributed by atoms with Gasteiger partial charge in [-0.25, -0.2) is 14.4 Å². The number of nitrogens with zero attached hydrogens (tertiary/aromatic N) is 3. The Morgan fingerprint density at radius 3 is 2.60 bits per heavy atom. The summed E-state index contributed by atoms with van der Waals surface area (Å²) in [5, 5.41) is 2.85. The summed E-state index contributed by atoms with van der Waals surface area (Å²) in [6.45, 7) is 0. The molecule has 2 heterocycles. The van der Waals surface area contributed by atoms with Crippen LogP contribution in [0.1, 0.15) is 10.4 Å². The fourth-order valence-corrected chi connectivity index (χ4v) is 3.18. The highest BCUT2D eigenvalue weighted by Crippen LogP contribution is 2.27. The number of rotatable bonds is 5.